The predicted molar refractivity (Wildman–Crippen MR) is 63.4 cm³/mol. The molecule has 0 unspecified atom stereocenters. The Balaban J connectivity index is 2.54. The van der Waals surface area contributed by atoms with E-state index in [-0.39, 0.29) is 0 Å². The molecule has 1 aromatic carbocycles. The van der Waals surface area contributed by atoms with Gasteiger partial charge in [-0.05, 0) is 24.6 Å². The summed E-state index contributed by atoms with van der Waals surface area (Å²) in [5.74, 6) is 0.787. The van der Waals surface area contributed by atoms with Gasteiger partial charge in [0.1, 0.15) is 6.33 Å². The first-order valence-corrected chi connectivity index (χ1v) is 5.23. The van der Waals surface area contributed by atoms with Crippen molar-refractivity contribution in [3.63, 3.8) is 0 Å². The number of nitrogens with zero attached hydrogens (tertiary/aromatic N) is 3. The molecule has 0 atom stereocenters. The number of nitrogen functional groups attached to an aromatic ring is 1. The van der Waals surface area contributed by atoms with E-state index in [0.717, 1.165) is 23.5 Å². The van der Waals surface area contributed by atoms with Crippen molar-refractivity contribution < 1.29 is 0 Å². The summed E-state index contributed by atoms with van der Waals surface area (Å²) in [6.07, 6.45) is 1.54. The van der Waals surface area contributed by atoms with E-state index in [1.165, 1.54) is 6.33 Å². The van der Waals surface area contributed by atoms with E-state index < -0.39 is 0 Å². The van der Waals surface area contributed by atoms with Gasteiger partial charge in [0.15, 0.2) is 5.82 Å². The summed E-state index contributed by atoms with van der Waals surface area (Å²) in [5, 5.41) is 4.13. The highest BCUT2D eigenvalue weighted by atomic mass is 15.3. The Labute approximate surface area is 94.1 Å². The zero-order chi connectivity index (χ0) is 11.5. The fourth-order valence-corrected chi connectivity index (χ4v) is 1.63. The Morgan fingerprint density at radius 1 is 1.38 bits per heavy atom. The summed E-state index contributed by atoms with van der Waals surface area (Å²) < 4.78 is 1.81. The van der Waals surface area contributed by atoms with Crippen molar-refractivity contribution in [3.8, 4) is 11.4 Å². The molecule has 0 aliphatic heterocycles. The van der Waals surface area contributed by atoms with E-state index in [1.54, 1.807) is 0 Å². The van der Waals surface area contributed by atoms with Gasteiger partial charge in [0.2, 0.25) is 0 Å². The first kappa shape index (κ1) is 10.6. The average Bonchev–Trinajstić information content (AvgIpc) is 2.77. The van der Waals surface area contributed by atoms with Crippen LogP contribution in [0.2, 0.25) is 0 Å². The fraction of sp³-hybridized carbons (Fsp3) is 0.273. The molecule has 0 radical (unpaired) electrons. The Bertz CT molecular complexity index is 489. The largest absolute Gasteiger partial charge is 0.398 e. The number of rotatable bonds is 3. The minimum atomic E-state index is 0.494. The SMILES string of the molecule is CCn1ncnc1-c1cc(CN)ccc1N. The second-order valence-corrected chi connectivity index (χ2v) is 3.53. The van der Waals surface area contributed by atoms with Gasteiger partial charge in [-0.2, -0.15) is 5.10 Å². The molecule has 16 heavy (non-hydrogen) atoms. The van der Waals surface area contributed by atoms with Crippen LogP contribution in [0.15, 0.2) is 24.5 Å². The van der Waals surface area contributed by atoms with Crippen molar-refractivity contribution in [3.05, 3.63) is 30.1 Å². The summed E-state index contributed by atoms with van der Waals surface area (Å²) in [7, 11) is 0. The fourth-order valence-electron chi connectivity index (χ4n) is 1.63. The van der Waals surface area contributed by atoms with Crippen LogP contribution >= 0.6 is 0 Å². The number of hydrogen-bond donors (Lipinski definition) is 2. The molecular weight excluding hydrogens is 202 g/mol. The number of benzene rings is 1. The van der Waals surface area contributed by atoms with Crippen molar-refractivity contribution in [2.75, 3.05) is 5.73 Å². The van der Waals surface area contributed by atoms with Gasteiger partial charge < -0.3 is 11.5 Å². The van der Waals surface area contributed by atoms with Gasteiger partial charge in [0, 0.05) is 24.3 Å². The first-order chi connectivity index (χ1) is 7.76. The van der Waals surface area contributed by atoms with Crippen molar-refractivity contribution in [1.29, 1.82) is 0 Å². The predicted octanol–water partition coefficient (Wildman–Crippen LogP) is 1.01. The van der Waals surface area contributed by atoms with Crippen LogP contribution in [0.25, 0.3) is 11.4 Å². The lowest BCUT2D eigenvalue weighted by Gasteiger charge is -2.08. The zero-order valence-electron chi connectivity index (χ0n) is 9.22. The topological polar surface area (TPSA) is 82.8 Å². The highest BCUT2D eigenvalue weighted by Crippen LogP contribution is 2.24. The molecule has 2 rings (SSSR count). The third-order valence-corrected chi connectivity index (χ3v) is 2.51. The Morgan fingerprint density at radius 3 is 2.88 bits per heavy atom. The van der Waals surface area contributed by atoms with Crippen molar-refractivity contribution in [2.24, 2.45) is 5.73 Å². The molecule has 0 aliphatic rings. The molecule has 0 saturated heterocycles. The standard InChI is InChI=1S/C11H15N5/c1-2-16-11(14-7-15-16)9-5-8(6-12)3-4-10(9)13/h3-5,7H,2,6,12-13H2,1H3. The van der Waals surface area contributed by atoms with Gasteiger partial charge in [0.25, 0.3) is 0 Å². The molecule has 1 heterocycles. The van der Waals surface area contributed by atoms with Crippen LogP contribution < -0.4 is 11.5 Å². The Kier molecular flexibility index (Phi) is 2.87. The van der Waals surface area contributed by atoms with Gasteiger partial charge >= 0.3 is 0 Å². The number of anilines is 1. The second kappa shape index (κ2) is 4.32. The van der Waals surface area contributed by atoms with E-state index in [4.69, 9.17) is 11.5 Å². The summed E-state index contributed by atoms with van der Waals surface area (Å²) in [6.45, 7) is 3.27. The number of aryl methyl sites for hydroxylation is 1. The minimum Gasteiger partial charge on any atom is -0.398 e. The van der Waals surface area contributed by atoms with Crippen molar-refractivity contribution >= 4 is 5.69 Å². The average molecular weight is 217 g/mol. The molecule has 0 bridgehead atoms. The van der Waals surface area contributed by atoms with Crippen LogP contribution in [0.5, 0.6) is 0 Å². The van der Waals surface area contributed by atoms with E-state index >= 15 is 0 Å². The smallest absolute Gasteiger partial charge is 0.160 e. The summed E-state index contributed by atoms with van der Waals surface area (Å²) in [5.41, 5.74) is 14.2. The Morgan fingerprint density at radius 2 is 2.19 bits per heavy atom. The molecule has 2 aromatic rings. The van der Waals surface area contributed by atoms with Gasteiger partial charge in [0.05, 0.1) is 0 Å². The highest BCUT2D eigenvalue weighted by molar-refractivity contribution is 5.72. The zero-order valence-corrected chi connectivity index (χ0v) is 9.22. The molecule has 0 aliphatic carbocycles. The summed E-state index contributed by atoms with van der Waals surface area (Å²) in [6, 6.07) is 5.74. The minimum absolute atomic E-state index is 0.494. The van der Waals surface area contributed by atoms with Gasteiger partial charge in [-0.3, -0.25) is 0 Å². The molecule has 84 valence electrons. The molecule has 1 aromatic heterocycles. The molecule has 4 N–H and O–H groups in total. The lowest BCUT2D eigenvalue weighted by atomic mass is 10.1. The molecule has 0 spiro atoms. The lowest BCUT2D eigenvalue weighted by molar-refractivity contribution is 0.666. The Hall–Kier alpha value is -1.88. The van der Waals surface area contributed by atoms with Crippen LogP contribution in [0.1, 0.15) is 12.5 Å². The molecule has 5 heteroatoms. The number of aromatic nitrogens is 3. The number of nitrogens with two attached hydrogens (primary N) is 2. The van der Waals surface area contributed by atoms with Gasteiger partial charge in [-0.1, -0.05) is 6.07 Å². The normalized spacial score (nSPS) is 10.6. The first-order valence-electron chi connectivity index (χ1n) is 5.23. The van der Waals surface area contributed by atoms with Crippen LogP contribution in [-0.4, -0.2) is 14.8 Å². The molecular formula is C11H15N5. The highest BCUT2D eigenvalue weighted by Gasteiger charge is 2.09. The third-order valence-electron chi connectivity index (χ3n) is 2.51. The molecule has 0 fully saturated rings. The maximum Gasteiger partial charge on any atom is 0.160 e. The number of hydrogen-bond acceptors (Lipinski definition) is 4. The monoisotopic (exact) mass is 217 g/mol. The second-order valence-electron chi connectivity index (χ2n) is 3.53. The van der Waals surface area contributed by atoms with E-state index in [0.29, 0.717) is 12.2 Å². The van der Waals surface area contributed by atoms with Crippen LogP contribution in [0.3, 0.4) is 0 Å². The van der Waals surface area contributed by atoms with E-state index in [9.17, 15) is 0 Å². The maximum absolute atomic E-state index is 5.94. The van der Waals surface area contributed by atoms with E-state index in [2.05, 4.69) is 10.1 Å². The van der Waals surface area contributed by atoms with Crippen LogP contribution in [0.4, 0.5) is 5.69 Å². The van der Waals surface area contributed by atoms with Crippen molar-refractivity contribution in [2.45, 2.75) is 20.0 Å². The van der Waals surface area contributed by atoms with Gasteiger partial charge in [-0.25, -0.2) is 9.67 Å². The molecule has 0 amide bonds. The molecule has 5 nitrogen and oxygen atoms in total. The molecule has 0 saturated carbocycles. The van der Waals surface area contributed by atoms with Crippen LogP contribution in [0, 0.1) is 0 Å². The summed E-state index contributed by atoms with van der Waals surface area (Å²) >= 11 is 0. The summed E-state index contributed by atoms with van der Waals surface area (Å²) in [4.78, 5) is 4.22. The van der Waals surface area contributed by atoms with E-state index in [1.807, 2.05) is 29.8 Å². The quantitative estimate of drug-likeness (QED) is 0.751. The van der Waals surface area contributed by atoms with Crippen LogP contribution in [-0.2, 0) is 13.1 Å². The van der Waals surface area contributed by atoms with Crippen molar-refractivity contribution in [1.82, 2.24) is 14.8 Å². The third kappa shape index (κ3) is 1.77. The lowest BCUT2D eigenvalue weighted by Crippen LogP contribution is -2.03. The van der Waals surface area contributed by atoms with Gasteiger partial charge in [-0.15, -0.1) is 0 Å². The maximum atomic E-state index is 5.94.